The van der Waals surface area contributed by atoms with Crippen molar-refractivity contribution in [1.29, 1.82) is 5.26 Å². The maximum Gasteiger partial charge on any atom is 0.191 e. The highest BCUT2D eigenvalue weighted by molar-refractivity contribution is 14.0. The smallest absolute Gasteiger partial charge is 0.191 e. The molecule has 1 aliphatic heterocycles. The van der Waals surface area contributed by atoms with E-state index in [1.165, 1.54) is 6.07 Å². The molecule has 2 aromatic carbocycles. The topological polar surface area (TPSA) is 72.7 Å². The summed E-state index contributed by atoms with van der Waals surface area (Å²) in [6.07, 6.45) is 2.06. The first-order valence-corrected chi connectivity index (χ1v) is 10.1. The van der Waals surface area contributed by atoms with Crippen LogP contribution in [0.25, 0.3) is 0 Å². The molecule has 6 nitrogen and oxygen atoms in total. The minimum Gasteiger partial charge on any atom is -0.380 e. The van der Waals surface area contributed by atoms with Crippen LogP contribution in [0.15, 0.2) is 47.5 Å². The third-order valence-corrected chi connectivity index (χ3v) is 5.22. The van der Waals surface area contributed by atoms with Crippen molar-refractivity contribution >= 4 is 35.6 Å². The van der Waals surface area contributed by atoms with Crippen molar-refractivity contribution in [3.63, 3.8) is 0 Å². The Balaban J connectivity index is 0.00000341. The van der Waals surface area contributed by atoms with Gasteiger partial charge in [0.25, 0.3) is 0 Å². The molecule has 166 valence electrons. The van der Waals surface area contributed by atoms with Gasteiger partial charge in [0.15, 0.2) is 5.96 Å². The second-order valence-corrected chi connectivity index (χ2v) is 7.34. The van der Waals surface area contributed by atoms with E-state index < -0.39 is 0 Å². The average Bonchev–Trinajstić information content (AvgIpc) is 2.78. The first-order valence-electron chi connectivity index (χ1n) is 10.1. The first-order chi connectivity index (χ1) is 14.6. The normalized spacial score (nSPS) is 16.3. The van der Waals surface area contributed by atoms with Gasteiger partial charge in [0.1, 0.15) is 11.9 Å². The Hall–Kier alpha value is -2.38. The number of anilines is 1. The number of piperidine rings is 1. The maximum atomic E-state index is 13.8. The summed E-state index contributed by atoms with van der Waals surface area (Å²) in [6, 6.07) is 15.2. The molecule has 0 amide bonds. The molecule has 2 aromatic rings. The van der Waals surface area contributed by atoms with Crippen LogP contribution in [0.2, 0.25) is 0 Å². The molecule has 31 heavy (non-hydrogen) atoms. The number of ether oxygens (including phenoxy) is 1. The lowest BCUT2D eigenvalue weighted by atomic mass is 10.0. The van der Waals surface area contributed by atoms with Gasteiger partial charge in [-0.3, -0.25) is 4.99 Å². The van der Waals surface area contributed by atoms with Crippen LogP contribution in [-0.2, 0) is 17.9 Å². The van der Waals surface area contributed by atoms with Crippen molar-refractivity contribution < 1.29 is 9.13 Å². The monoisotopic (exact) mass is 537 g/mol. The zero-order valence-electron chi connectivity index (χ0n) is 17.9. The van der Waals surface area contributed by atoms with E-state index in [4.69, 9.17) is 4.74 Å². The zero-order chi connectivity index (χ0) is 21.3. The number of rotatable bonds is 6. The van der Waals surface area contributed by atoms with Crippen LogP contribution >= 0.6 is 24.0 Å². The number of hydrogen-bond donors (Lipinski definition) is 2. The fourth-order valence-electron chi connectivity index (χ4n) is 3.74. The van der Waals surface area contributed by atoms with Crippen molar-refractivity contribution in [3.05, 3.63) is 65.0 Å². The van der Waals surface area contributed by atoms with Gasteiger partial charge in [0.2, 0.25) is 0 Å². The highest BCUT2D eigenvalue weighted by Crippen LogP contribution is 2.23. The number of methoxy groups -OCH3 is 1. The van der Waals surface area contributed by atoms with E-state index in [-0.39, 0.29) is 42.4 Å². The summed E-state index contributed by atoms with van der Waals surface area (Å²) < 4.78 is 18.9. The fourth-order valence-corrected chi connectivity index (χ4v) is 3.74. The SMILES string of the molecule is CN=C(NCc1ccc(F)c(COC)c1)NC1CCCN(c2ccccc2C#N)C1.I. The molecule has 0 spiro atoms. The fraction of sp³-hybridized carbons (Fsp3) is 0.391. The molecule has 1 aliphatic rings. The summed E-state index contributed by atoms with van der Waals surface area (Å²) in [6.45, 7) is 2.51. The number of halogens is 2. The molecule has 1 saturated heterocycles. The minimum absolute atomic E-state index is 0. The van der Waals surface area contributed by atoms with Gasteiger partial charge < -0.3 is 20.3 Å². The molecule has 1 heterocycles. The summed E-state index contributed by atoms with van der Waals surface area (Å²) in [5, 5.41) is 16.2. The highest BCUT2D eigenvalue weighted by Gasteiger charge is 2.22. The van der Waals surface area contributed by atoms with Crippen LogP contribution in [-0.4, -0.2) is 39.2 Å². The molecule has 3 rings (SSSR count). The number of nitrogens with zero attached hydrogens (tertiary/aromatic N) is 3. The van der Waals surface area contributed by atoms with Gasteiger partial charge in [0.05, 0.1) is 17.9 Å². The van der Waals surface area contributed by atoms with Crippen molar-refractivity contribution in [2.24, 2.45) is 4.99 Å². The quantitative estimate of drug-likeness (QED) is 0.334. The van der Waals surface area contributed by atoms with Gasteiger partial charge in [-0.1, -0.05) is 18.2 Å². The van der Waals surface area contributed by atoms with E-state index in [0.717, 1.165) is 37.2 Å². The van der Waals surface area contributed by atoms with Gasteiger partial charge in [-0.05, 0) is 42.7 Å². The molecular formula is C23H29FIN5O. The molecule has 2 N–H and O–H groups in total. The van der Waals surface area contributed by atoms with Crippen LogP contribution in [0.1, 0.15) is 29.5 Å². The number of guanidine groups is 1. The van der Waals surface area contributed by atoms with Crippen molar-refractivity contribution in [1.82, 2.24) is 10.6 Å². The van der Waals surface area contributed by atoms with E-state index in [1.54, 1.807) is 26.3 Å². The molecule has 1 atom stereocenters. The number of para-hydroxylation sites is 1. The third-order valence-electron chi connectivity index (χ3n) is 5.22. The van der Waals surface area contributed by atoms with Crippen LogP contribution in [0.4, 0.5) is 10.1 Å². The van der Waals surface area contributed by atoms with E-state index in [2.05, 4.69) is 26.6 Å². The van der Waals surface area contributed by atoms with Crippen LogP contribution in [0, 0.1) is 17.1 Å². The van der Waals surface area contributed by atoms with Gasteiger partial charge in [-0.25, -0.2) is 4.39 Å². The Morgan fingerprint density at radius 2 is 2.13 bits per heavy atom. The van der Waals surface area contributed by atoms with E-state index in [9.17, 15) is 9.65 Å². The van der Waals surface area contributed by atoms with Gasteiger partial charge in [0, 0.05) is 45.4 Å². The molecular weight excluding hydrogens is 508 g/mol. The number of benzene rings is 2. The lowest BCUT2D eigenvalue weighted by Gasteiger charge is -2.35. The molecule has 0 saturated carbocycles. The summed E-state index contributed by atoms with van der Waals surface area (Å²) in [5.74, 6) is 0.441. The highest BCUT2D eigenvalue weighted by atomic mass is 127. The number of aliphatic imine (C=N–C) groups is 1. The van der Waals surface area contributed by atoms with Crippen molar-refractivity contribution in [2.45, 2.75) is 32.0 Å². The van der Waals surface area contributed by atoms with E-state index in [1.807, 2.05) is 24.3 Å². The van der Waals surface area contributed by atoms with Gasteiger partial charge in [-0.2, -0.15) is 5.26 Å². The summed E-state index contributed by atoms with van der Waals surface area (Å²) in [4.78, 5) is 6.58. The van der Waals surface area contributed by atoms with Crippen molar-refractivity contribution in [2.75, 3.05) is 32.1 Å². The molecule has 0 aromatic heterocycles. The Kier molecular flexibility index (Phi) is 10.0. The van der Waals surface area contributed by atoms with E-state index >= 15 is 0 Å². The van der Waals surface area contributed by atoms with Gasteiger partial charge in [-0.15, -0.1) is 24.0 Å². The molecule has 1 fully saturated rings. The summed E-state index contributed by atoms with van der Waals surface area (Å²) >= 11 is 0. The lowest BCUT2D eigenvalue weighted by molar-refractivity contribution is 0.181. The third kappa shape index (κ3) is 6.80. The molecule has 1 unspecified atom stereocenters. The maximum absolute atomic E-state index is 13.8. The Morgan fingerprint density at radius 1 is 1.32 bits per heavy atom. The summed E-state index contributed by atoms with van der Waals surface area (Å²) in [5.41, 5.74) is 3.17. The van der Waals surface area contributed by atoms with Crippen LogP contribution in [0.5, 0.6) is 0 Å². The Labute approximate surface area is 200 Å². The lowest BCUT2D eigenvalue weighted by Crippen LogP contribution is -2.51. The molecule has 0 radical (unpaired) electrons. The average molecular weight is 537 g/mol. The van der Waals surface area contributed by atoms with E-state index in [0.29, 0.717) is 23.6 Å². The predicted octanol–water partition coefficient (Wildman–Crippen LogP) is 3.80. The van der Waals surface area contributed by atoms with Gasteiger partial charge >= 0.3 is 0 Å². The predicted molar refractivity (Wildman–Crippen MR) is 132 cm³/mol. The first kappa shape index (κ1) is 24.9. The second-order valence-electron chi connectivity index (χ2n) is 7.34. The molecule has 8 heteroatoms. The zero-order valence-corrected chi connectivity index (χ0v) is 20.2. The van der Waals surface area contributed by atoms with Crippen molar-refractivity contribution in [3.8, 4) is 6.07 Å². The largest absolute Gasteiger partial charge is 0.380 e. The minimum atomic E-state index is -0.261. The number of nitrogens with one attached hydrogen (secondary N) is 2. The second kappa shape index (κ2) is 12.5. The van der Waals surface area contributed by atoms with Crippen LogP contribution < -0.4 is 15.5 Å². The summed E-state index contributed by atoms with van der Waals surface area (Å²) in [7, 11) is 3.29. The number of nitriles is 1. The molecule has 0 aliphatic carbocycles. The molecule has 0 bridgehead atoms. The number of hydrogen-bond acceptors (Lipinski definition) is 4. The Bertz CT molecular complexity index is 930. The van der Waals surface area contributed by atoms with Crippen LogP contribution in [0.3, 0.4) is 0 Å². The Morgan fingerprint density at radius 3 is 2.87 bits per heavy atom. The standard InChI is InChI=1S/C23H28FN5O.HI/c1-26-23(27-14-17-9-10-21(24)19(12-17)16-30-2)28-20-7-5-11-29(15-20)22-8-4-3-6-18(22)13-25;/h3-4,6,8-10,12,20H,5,7,11,14-16H2,1-2H3,(H2,26,27,28);1H.